The monoisotopic (exact) mass is 258 g/mol. The summed E-state index contributed by atoms with van der Waals surface area (Å²) in [5, 5.41) is 3.75. The lowest BCUT2D eigenvalue weighted by molar-refractivity contribution is -0.983. The third kappa shape index (κ3) is 3.14. The Morgan fingerprint density at radius 2 is 1.70 bits per heavy atom. The van der Waals surface area contributed by atoms with Gasteiger partial charge in [0.15, 0.2) is 0 Å². The summed E-state index contributed by atoms with van der Waals surface area (Å²) >= 11 is 0. The molecule has 0 unspecified atom stereocenters. The zero-order valence-electron chi connectivity index (χ0n) is 6.56. The molecule has 3 nitrogen and oxygen atoms in total. The average Bonchev–Trinajstić information content (AvgIpc) is 1.90. The van der Waals surface area contributed by atoms with Crippen LogP contribution in [-0.4, -0.2) is 45.4 Å². The maximum Gasteiger partial charge on any atom is 0.0841 e. The van der Waals surface area contributed by atoms with E-state index in [9.17, 15) is 0 Å². The number of nitrogens with zero attached hydrogens (tertiary/aromatic N) is 1. The summed E-state index contributed by atoms with van der Waals surface area (Å²) in [6.45, 7) is 3.93. The molecule has 1 fully saturated rings. The van der Waals surface area contributed by atoms with Gasteiger partial charge in [0.2, 0.25) is 0 Å². The number of hydrogen-bond acceptors (Lipinski definition) is 2. The number of quaternary nitrogens is 1. The number of ether oxygens (including phenoxy) is 1. The lowest BCUT2D eigenvalue weighted by atomic mass is 10.5. The molecule has 0 saturated carbocycles. The van der Waals surface area contributed by atoms with Crippen molar-refractivity contribution >= 4 is 0 Å². The van der Waals surface area contributed by atoms with Gasteiger partial charge >= 0.3 is 0 Å². The number of hydrogen-bond donors (Lipinski definition) is 1. The molecule has 0 aromatic rings. The van der Waals surface area contributed by atoms with Gasteiger partial charge in [-0.25, -0.2) is 0 Å². The minimum atomic E-state index is 0. The fourth-order valence-electron chi connectivity index (χ4n) is 1.01. The van der Waals surface area contributed by atoms with Crippen molar-refractivity contribution in [3.63, 3.8) is 0 Å². The first-order chi connectivity index (χ1) is 4.30. The topological polar surface area (TPSA) is 16.9 Å². The molecule has 0 radical (unpaired) electrons. The molecule has 1 rings (SSSR count). The fourth-order valence-corrected chi connectivity index (χ4v) is 1.01. The van der Waals surface area contributed by atoms with E-state index in [-0.39, 0.29) is 24.0 Å². The van der Waals surface area contributed by atoms with Gasteiger partial charge in [0.05, 0.1) is 40.4 Å². The van der Waals surface area contributed by atoms with Gasteiger partial charge in [-0.1, -0.05) is 0 Å². The van der Waals surface area contributed by atoms with E-state index in [1.54, 1.807) is 0 Å². The Kier molecular flexibility index (Phi) is 5.61. The van der Waals surface area contributed by atoms with Gasteiger partial charge in [-0.05, 0) is 0 Å². The van der Waals surface area contributed by atoms with Crippen LogP contribution in [0, 0.1) is 0 Å². The molecule has 62 valence electrons. The highest BCUT2D eigenvalue weighted by atomic mass is 127. The molecule has 1 saturated heterocycles. The molecule has 0 spiro atoms. The predicted octanol–water partition coefficient (Wildman–Crippen LogP) is -4.62. The second kappa shape index (κ2) is 5.29. The third-order valence-corrected chi connectivity index (χ3v) is 1.64. The van der Waals surface area contributed by atoms with E-state index >= 15 is 0 Å². The van der Waals surface area contributed by atoms with E-state index in [1.807, 2.05) is 0 Å². The summed E-state index contributed by atoms with van der Waals surface area (Å²) in [7, 11) is 4.29. The molecule has 1 heterocycles. The smallest absolute Gasteiger partial charge is 0.0841 e. The normalized spacial score (nSPS) is 20.7. The van der Waals surface area contributed by atoms with Crippen molar-refractivity contribution in [3.8, 4) is 0 Å². The summed E-state index contributed by atoms with van der Waals surface area (Å²) < 4.78 is 5.19. The van der Waals surface area contributed by atoms with Crippen LogP contribution in [0.2, 0.25) is 0 Å². The molecule has 10 heavy (non-hydrogen) atoms. The van der Waals surface area contributed by atoms with Crippen LogP contribution in [0.5, 0.6) is 0 Å². The highest BCUT2D eigenvalue weighted by molar-refractivity contribution is 4.49. The summed E-state index contributed by atoms with van der Waals surface area (Å²) in [5.41, 5.74) is 0. The van der Waals surface area contributed by atoms with Gasteiger partial charge in [0.1, 0.15) is 0 Å². The lowest BCUT2D eigenvalue weighted by Gasteiger charge is -2.28. The van der Waals surface area contributed by atoms with Crippen LogP contribution in [0.1, 0.15) is 0 Å². The van der Waals surface area contributed by atoms with Crippen molar-refractivity contribution in [3.05, 3.63) is 0 Å². The Morgan fingerprint density at radius 1 is 1.20 bits per heavy atom. The molecule has 0 atom stereocenters. The first-order valence-corrected chi connectivity index (χ1v) is 3.43. The van der Waals surface area contributed by atoms with Crippen LogP contribution in [0.25, 0.3) is 0 Å². The first kappa shape index (κ1) is 10.6. The SMILES string of the molecule is C[NH+](C)N1CCOCC1.[I-]. The average molecular weight is 258 g/mol. The molecule has 1 N–H and O–H groups in total. The zero-order chi connectivity index (χ0) is 6.69. The van der Waals surface area contributed by atoms with E-state index in [0.29, 0.717) is 0 Å². The van der Waals surface area contributed by atoms with E-state index in [4.69, 9.17) is 4.74 Å². The molecule has 0 amide bonds. The van der Waals surface area contributed by atoms with Gasteiger partial charge in [0, 0.05) is 0 Å². The van der Waals surface area contributed by atoms with E-state index in [2.05, 4.69) is 19.1 Å². The Morgan fingerprint density at radius 3 is 2.00 bits per heavy atom. The maximum atomic E-state index is 5.19. The van der Waals surface area contributed by atoms with Gasteiger partial charge < -0.3 is 28.7 Å². The Hall–Kier alpha value is 0.610. The van der Waals surface area contributed by atoms with Crippen LogP contribution in [0.15, 0.2) is 0 Å². The van der Waals surface area contributed by atoms with E-state index in [0.717, 1.165) is 26.3 Å². The van der Waals surface area contributed by atoms with Gasteiger partial charge in [-0.3, -0.25) is 5.01 Å². The minimum Gasteiger partial charge on any atom is -1.00 e. The van der Waals surface area contributed by atoms with Gasteiger partial charge in [-0.2, -0.15) is 5.01 Å². The molecule has 0 aliphatic carbocycles. The standard InChI is InChI=1S/C6H14N2O.HI/c1-7(2)8-3-5-9-6-4-8;/h3-6H2,1-2H3;1H. The summed E-state index contributed by atoms with van der Waals surface area (Å²) in [4.78, 5) is 0. The first-order valence-electron chi connectivity index (χ1n) is 3.43. The minimum absolute atomic E-state index is 0. The third-order valence-electron chi connectivity index (χ3n) is 1.64. The molecule has 0 aromatic heterocycles. The number of rotatable bonds is 1. The van der Waals surface area contributed by atoms with Crippen LogP contribution >= 0.6 is 0 Å². The van der Waals surface area contributed by atoms with Crippen molar-refractivity contribution in [1.29, 1.82) is 0 Å². The zero-order valence-corrected chi connectivity index (χ0v) is 8.72. The van der Waals surface area contributed by atoms with Crippen LogP contribution in [-0.2, 0) is 4.74 Å². The van der Waals surface area contributed by atoms with E-state index < -0.39 is 0 Å². The number of morpholine rings is 1. The van der Waals surface area contributed by atoms with Crippen molar-refractivity contribution < 1.29 is 33.7 Å². The largest absolute Gasteiger partial charge is 1.00 e. The van der Waals surface area contributed by atoms with Crippen LogP contribution in [0.4, 0.5) is 0 Å². The van der Waals surface area contributed by atoms with Crippen LogP contribution < -0.4 is 29.0 Å². The highest BCUT2D eigenvalue weighted by Gasteiger charge is 2.13. The van der Waals surface area contributed by atoms with Crippen molar-refractivity contribution in [2.75, 3.05) is 40.4 Å². The van der Waals surface area contributed by atoms with Gasteiger partial charge in [0.25, 0.3) is 0 Å². The highest BCUT2D eigenvalue weighted by Crippen LogP contribution is 1.87. The summed E-state index contributed by atoms with van der Waals surface area (Å²) in [6, 6.07) is 0. The second-order valence-electron chi connectivity index (χ2n) is 2.55. The molecular weight excluding hydrogens is 243 g/mol. The molecule has 1 aliphatic heterocycles. The fraction of sp³-hybridized carbons (Fsp3) is 1.00. The summed E-state index contributed by atoms with van der Waals surface area (Å²) in [6.07, 6.45) is 0. The molecule has 1 aliphatic rings. The van der Waals surface area contributed by atoms with Crippen molar-refractivity contribution in [2.45, 2.75) is 0 Å². The van der Waals surface area contributed by atoms with Crippen LogP contribution in [0.3, 0.4) is 0 Å². The van der Waals surface area contributed by atoms with Crippen molar-refractivity contribution in [1.82, 2.24) is 5.01 Å². The lowest BCUT2D eigenvalue weighted by Crippen LogP contribution is -3.13. The molecular formula is C6H15IN2O. The predicted molar refractivity (Wildman–Crippen MR) is 35.2 cm³/mol. The second-order valence-corrected chi connectivity index (χ2v) is 2.55. The maximum absolute atomic E-state index is 5.19. The Bertz CT molecular complexity index is 83.8. The van der Waals surface area contributed by atoms with Gasteiger partial charge in [-0.15, -0.1) is 0 Å². The number of nitrogens with one attached hydrogen (secondary N) is 1. The Balaban J connectivity index is 0.000000810. The Labute approximate surface area is 79.3 Å². The molecule has 0 bridgehead atoms. The number of halogens is 1. The van der Waals surface area contributed by atoms with Crippen molar-refractivity contribution in [2.24, 2.45) is 0 Å². The molecule has 0 aromatic carbocycles. The quantitative estimate of drug-likeness (QED) is 0.477. The molecule has 4 heteroatoms. The summed E-state index contributed by atoms with van der Waals surface area (Å²) in [5.74, 6) is 0. The van der Waals surface area contributed by atoms with E-state index in [1.165, 1.54) is 5.01 Å².